The average Bonchev–Trinajstić information content (AvgIpc) is 3.06. The molecule has 2 aliphatic rings. The third-order valence-electron chi connectivity index (χ3n) is 5.82. The summed E-state index contributed by atoms with van der Waals surface area (Å²) in [6, 6.07) is 10.6. The number of carbonyl (C=O) groups excluding carboxylic acids is 2. The van der Waals surface area contributed by atoms with E-state index in [9.17, 15) is 9.59 Å². The van der Waals surface area contributed by atoms with Crippen LogP contribution in [0.15, 0.2) is 42.6 Å². The van der Waals surface area contributed by atoms with E-state index >= 15 is 0 Å². The van der Waals surface area contributed by atoms with Crippen molar-refractivity contribution in [3.05, 3.63) is 53.2 Å². The molecule has 31 heavy (non-hydrogen) atoms. The lowest BCUT2D eigenvalue weighted by molar-refractivity contribution is 0.0763. The molecule has 1 N–H and O–H groups in total. The normalized spacial score (nSPS) is 17.3. The van der Waals surface area contributed by atoms with Crippen molar-refractivity contribution in [1.82, 2.24) is 14.8 Å². The van der Waals surface area contributed by atoms with Crippen LogP contribution < -0.4 is 10.2 Å². The zero-order valence-electron chi connectivity index (χ0n) is 17.6. The van der Waals surface area contributed by atoms with Gasteiger partial charge in [0.15, 0.2) is 0 Å². The lowest BCUT2D eigenvalue weighted by atomic mass is 10.1. The molecule has 3 heterocycles. The molecule has 1 aromatic carbocycles. The van der Waals surface area contributed by atoms with E-state index in [0.717, 1.165) is 38.2 Å². The summed E-state index contributed by atoms with van der Waals surface area (Å²) in [5, 5.41) is 3.47. The van der Waals surface area contributed by atoms with Crippen LogP contribution in [0.4, 0.5) is 16.3 Å². The van der Waals surface area contributed by atoms with Crippen LogP contribution in [0.25, 0.3) is 0 Å². The number of halogens is 1. The van der Waals surface area contributed by atoms with Gasteiger partial charge in [0.25, 0.3) is 5.91 Å². The first-order valence-electron chi connectivity index (χ1n) is 10.9. The second-order valence-electron chi connectivity index (χ2n) is 8.00. The molecule has 2 aromatic rings. The highest BCUT2D eigenvalue weighted by molar-refractivity contribution is 6.30. The number of rotatable bonds is 3. The van der Waals surface area contributed by atoms with E-state index in [1.165, 1.54) is 6.42 Å². The SMILES string of the molecule is O=C(Nc1cccc(Cl)c1)N1CCCN(C(=O)c2cccnc2N2CCCCC2)CC1. The monoisotopic (exact) mass is 441 g/mol. The molecule has 0 atom stereocenters. The smallest absolute Gasteiger partial charge is 0.321 e. The summed E-state index contributed by atoms with van der Waals surface area (Å²) in [5.74, 6) is 0.776. The summed E-state index contributed by atoms with van der Waals surface area (Å²) in [4.78, 5) is 36.4. The Morgan fingerprint density at radius 2 is 1.65 bits per heavy atom. The van der Waals surface area contributed by atoms with Crippen molar-refractivity contribution in [3.63, 3.8) is 0 Å². The first-order chi connectivity index (χ1) is 15.1. The van der Waals surface area contributed by atoms with Crippen molar-refractivity contribution < 1.29 is 9.59 Å². The average molecular weight is 442 g/mol. The highest BCUT2D eigenvalue weighted by Gasteiger charge is 2.26. The molecule has 164 valence electrons. The quantitative estimate of drug-likeness (QED) is 0.778. The van der Waals surface area contributed by atoms with Gasteiger partial charge in [-0.2, -0.15) is 0 Å². The Balaban J connectivity index is 1.41. The fourth-order valence-corrected chi connectivity index (χ4v) is 4.37. The molecule has 4 rings (SSSR count). The third kappa shape index (κ3) is 5.28. The fraction of sp³-hybridized carbons (Fsp3) is 0.435. The molecule has 0 bridgehead atoms. The largest absolute Gasteiger partial charge is 0.356 e. The lowest BCUT2D eigenvalue weighted by Crippen LogP contribution is -2.40. The third-order valence-corrected chi connectivity index (χ3v) is 6.05. The number of piperidine rings is 1. The Hall–Kier alpha value is -2.80. The van der Waals surface area contributed by atoms with Gasteiger partial charge in [-0.1, -0.05) is 17.7 Å². The van der Waals surface area contributed by atoms with E-state index in [4.69, 9.17) is 11.6 Å². The summed E-state index contributed by atoms with van der Waals surface area (Å²) >= 11 is 6.00. The summed E-state index contributed by atoms with van der Waals surface area (Å²) in [6.07, 6.45) is 5.97. The number of benzene rings is 1. The molecule has 2 fully saturated rings. The number of nitrogens with zero attached hydrogens (tertiary/aromatic N) is 4. The standard InChI is InChI=1S/C23H28ClN5O2/c24-18-7-4-8-19(17-18)26-23(31)29-14-6-13-28(15-16-29)22(30)20-9-5-10-25-21(20)27-11-2-1-3-12-27/h4-5,7-10,17H,1-3,6,11-16H2,(H,26,31). The molecule has 2 aliphatic heterocycles. The van der Waals surface area contributed by atoms with Gasteiger partial charge in [-0.25, -0.2) is 9.78 Å². The molecule has 0 saturated carbocycles. The second-order valence-corrected chi connectivity index (χ2v) is 8.43. The van der Waals surface area contributed by atoms with Crippen LogP contribution in [0.3, 0.4) is 0 Å². The van der Waals surface area contributed by atoms with Gasteiger partial charge in [-0.15, -0.1) is 0 Å². The first-order valence-corrected chi connectivity index (χ1v) is 11.3. The number of anilines is 2. The van der Waals surface area contributed by atoms with E-state index in [1.54, 1.807) is 29.3 Å². The highest BCUT2D eigenvalue weighted by Crippen LogP contribution is 2.23. The van der Waals surface area contributed by atoms with Crippen molar-refractivity contribution in [3.8, 4) is 0 Å². The Kier molecular flexibility index (Phi) is 6.92. The molecular weight excluding hydrogens is 414 g/mol. The Bertz CT molecular complexity index is 932. The number of urea groups is 1. The minimum atomic E-state index is -0.174. The predicted molar refractivity (Wildman–Crippen MR) is 123 cm³/mol. The Morgan fingerprint density at radius 1 is 0.871 bits per heavy atom. The van der Waals surface area contributed by atoms with Crippen LogP contribution in [0.5, 0.6) is 0 Å². The number of pyridine rings is 1. The van der Waals surface area contributed by atoms with E-state index in [2.05, 4.69) is 15.2 Å². The number of nitrogens with one attached hydrogen (secondary N) is 1. The maximum absolute atomic E-state index is 13.3. The molecule has 2 saturated heterocycles. The molecular formula is C23H28ClN5O2. The van der Waals surface area contributed by atoms with Gasteiger partial charge >= 0.3 is 6.03 Å². The lowest BCUT2D eigenvalue weighted by Gasteiger charge is -2.30. The van der Waals surface area contributed by atoms with Crippen LogP contribution in [0.1, 0.15) is 36.0 Å². The van der Waals surface area contributed by atoms with Gasteiger partial charge in [0.1, 0.15) is 5.82 Å². The van der Waals surface area contributed by atoms with E-state index in [0.29, 0.717) is 42.5 Å². The van der Waals surface area contributed by atoms with Gasteiger partial charge in [0, 0.05) is 56.2 Å². The summed E-state index contributed by atoms with van der Waals surface area (Å²) in [5.41, 5.74) is 1.32. The van der Waals surface area contributed by atoms with Crippen molar-refractivity contribution in [2.45, 2.75) is 25.7 Å². The van der Waals surface area contributed by atoms with Crippen molar-refractivity contribution in [2.75, 3.05) is 49.5 Å². The first kappa shape index (κ1) is 21.4. The Morgan fingerprint density at radius 3 is 2.45 bits per heavy atom. The Labute approximate surface area is 188 Å². The summed E-state index contributed by atoms with van der Waals surface area (Å²) < 4.78 is 0. The molecule has 0 aliphatic carbocycles. The molecule has 0 radical (unpaired) electrons. The maximum atomic E-state index is 13.3. The van der Waals surface area contributed by atoms with Crippen LogP contribution in [0.2, 0.25) is 5.02 Å². The van der Waals surface area contributed by atoms with E-state index in [-0.39, 0.29) is 11.9 Å². The van der Waals surface area contributed by atoms with Crippen LogP contribution >= 0.6 is 11.6 Å². The number of carbonyl (C=O) groups is 2. The van der Waals surface area contributed by atoms with Crippen molar-refractivity contribution in [2.24, 2.45) is 0 Å². The minimum Gasteiger partial charge on any atom is -0.356 e. The predicted octanol–water partition coefficient (Wildman–Crippen LogP) is 4.11. The topological polar surface area (TPSA) is 68.8 Å². The second kappa shape index (κ2) is 10.0. The zero-order valence-corrected chi connectivity index (χ0v) is 18.4. The van der Waals surface area contributed by atoms with Crippen molar-refractivity contribution >= 4 is 35.0 Å². The van der Waals surface area contributed by atoms with Crippen LogP contribution in [-0.2, 0) is 0 Å². The van der Waals surface area contributed by atoms with Gasteiger partial charge < -0.3 is 20.0 Å². The molecule has 0 spiro atoms. The zero-order chi connectivity index (χ0) is 21.6. The number of hydrogen-bond donors (Lipinski definition) is 1. The maximum Gasteiger partial charge on any atom is 0.321 e. The number of hydrogen-bond acceptors (Lipinski definition) is 4. The van der Waals surface area contributed by atoms with E-state index in [1.807, 2.05) is 23.1 Å². The molecule has 7 nitrogen and oxygen atoms in total. The van der Waals surface area contributed by atoms with Crippen LogP contribution in [-0.4, -0.2) is 66.0 Å². The van der Waals surface area contributed by atoms with E-state index < -0.39 is 0 Å². The highest BCUT2D eigenvalue weighted by atomic mass is 35.5. The summed E-state index contributed by atoms with van der Waals surface area (Å²) in [6.45, 7) is 4.08. The van der Waals surface area contributed by atoms with Gasteiger partial charge in [0.2, 0.25) is 0 Å². The van der Waals surface area contributed by atoms with Gasteiger partial charge in [-0.3, -0.25) is 4.79 Å². The fourth-order valence-electron chi connectivity index (χ4n) is 4.18. The number of aromatic nitrogens is 1. The molecule has 0 unspecified atom stereocenters. The van der Waals surface area contributed by atoms with Crippen molar-refractivity contribution in [1.29, 1.82) is 0 Å². The summed E-state index contributed by atoms with van der Waals surface area (Å²) in [7, 11) is 0. The molecule has 1 aromatic heterocycles. The molecule has 8 heteroatoms. The van der Waals surface area contributed by atoms with Crippen LogP contribution in [0, 0.1) is 0 Å². The molecule has 3 amide bonds. The van der Waals surface area contributed by atoms with Gasteiger partial charge in [-0.05, 0) is 56.0 Å². The number of amides is 3. The van der Waals surface area contributed by atoms with Gasteiger partial charge in [0.05, 0.1) is 5.56 Å². The minimum absolute atomic E-state index is 0.00854.